The van der Waals surface area contributed by atoms with Gasteiger partial charge in [-0.1, -0.05) is 48.5 Å². The average Bonchev–Trinajstić information content (AvgIpc) is 3.38. The van der Waals surface area contributed by atoms with Crippen molar-refractivity contribution in [3.8, 4) is 11.4 Å². The molecule has 8 nitrogen and oxygen atoms in total. The molecular formula is C26H22FN5O3. The Kier molecular flexibility index (Phi) is 5.52. The number of imide groups is 1. The van der Waals surface area contributed by atoms with Crippen molar-refractivity contribution in [3.63, 3.8) is 0 Å². The number of nitrogens with zero attached hydrogens (tertiary/aromatic N) is 2. The molecule has 1 aromatic heterocycles. The minimum Gasteiger partial charge on any atom is -0.350 e. The van der Waals surface area contributed by atoms with Gasteiger partial charge in [0.05, 0.1) is 11.0 Å². The van der Waals surface area contributed by atoms with Crippen LogP contribution < -0.4 is 10.6 Å². The van der Waals surface area contributed by atoms with Crippen LogP contribution in [0.15, 0.2) is 72.8 Å². The van der Waals surface area contributed by atoms with Crippen molar-refractivity contribution in [1.29, 1.82) is 0 Å². The van der Waals surface area contributed by atoms with Crippen LogP contribution in [0.1, 0.15) is 18.1 Å². The Labute approximate surface area is 200 Å². The van der Waals surface area contributed by atoms with Gasteiger partial charge in [-0.2, -0.15) is 0 Å². The Morgan fingerprint density at radius 1 is 1.03 bits per heavy atom. The lowest BCUT2D eigenvalue weighted by atomic mass is 9.92. The predicted molar refractivity (Wildman–Crippen MR) is 127 cm³/mol. The van der Waals surface area contributed by atoms with Gasteiger partial charge in [0.15, 0.2) is 0 Å². The van der Waals surface area contributed by atoms with Crippen LogP contribution in [0.25, 0.3) is 22.4 Å². The summed E-state index contributed by atoms with van der Waals surface area (Å²) in [5, 5.41) is 5.34. The number of amides is 4. The van der Waals surface area contributed by atoms with Gasteiger partial charge in [0.1, 0.15) is 23.7 Å². The maximum Gasteiger partial charge on any atom is 0.325 e. The maximum atomic E-state index is 13.3. The fourth-order valence-corrected chi connectivity index (χ4v) is 4.09. The van der Waals surface area contributed by atoms with Crippen molar-refractivity contribution in [2.24, 2.45) is 0 Å². The number of imidazole rings is 1. The molecule has 1 saturated heterocycles. The van der Waals surface area contributed by atoms with E-state index in [9.17, 15) is 18.8 Å². The zero-order valence-electron chi connectivity index (χ0n) is 18.8. The third-order valence-corrected chi connectivity index (χ3v) is 6.10. The van der Waals surface area contributed by atoms with E-state index < -0.39 is 35.7 Å². The van der Waals surface area contributed by atoms with E-state index in [1.54, 1.807) is 0 Å². The van der Waals surface area contributed by atoms with E-state index in [4.69, 9.17) is 0 Å². The summed E-state index contributed by atoms with van der Waals surface area (Å²) in [5.41, 5.74) is 2.68. The van der Waals surface area contributed by atoms with Gasteiger partial charge in [-0.15, -0.1) is 0 Å². The van der Waals surface area contributed by atoms with Crippen molar-refractivity contribution in [2.45, 2.75) is 19.0 Å². The van der Waals surface area contributed by atoms with E-state index >= 15 is 0 Å². The fourth-order valence-electron chi connectivity index (χ4n) is 4.09. The molecule has 0 saturated carbocycles. The zero-order valence-corrected chi connectivity index (χ0v) is 18.8. The Hall–Kier alpha value is -4.53. The second-order valence-corrected chi connectivity index (χ2v) is 8.53. The number of aromatic amines is 1. The summed E-state index contributed by atoms with van der Waals surface area (Å²) in [5.74, 6) is -0.738. The molecule has 1 unspecified atom stereocenters. The van der Waals surface area contributed by atoms with Gasteiger partial charge < -0.3 is 15.6 Å². The van der Waals surface area contributed by atoms with E-state index in [0.717, 1.165) is 32.9 Å². The first-order chi connectivity index (χ1) is 16.8. The second kappa shape index (κ2) is 8.68. The fraction of sp³-hybridized carbons (Fsp3) is 0.154. The maximum absolute atomic E-state index is 13.3. The molecule has 3 aromatic carbocycles. The minimum atomic E-state index is -1.36. The summed E-state index contributed by atoms with van der Waals surface area (Å²) in [6.45, 7) is 1.35. The topological polar surface area (TPSA) is 107 Å². The number of hydrogen-bond acceptors (Lipinski definition) is 4. The van der Waals surface area contributed by atoms with E-state index in [2.05, 4.69) is 20.6 Å². The number of carbonyl (C=O) groups excluding carboxylic acids is 3. The van der Waals surface area contributed by atoms with Crippen LogP contribution in [-0.2, 0) is 21.7 Å². The Morgan fingerprint density at radius 2 is 1.74 bits per heavy atom. The number of fused-ring (bicyclic) bond motifs is 1. The van der Waals surface area contributed by atoms with Gasteiger partial charge in [-0.25, -0.2) is 14.2 Å². The largest absolute Gasteiger partial charge is 0.350 e. The number of hydrogen-bond donors (Lipinski definition) is 3. The van der Waals surface area contributed by atoms with E-state index in [1.165, 1.54) is 31.2 Å². The van der Waals surface area contributed by atoms with Gasteiger partial charge >= 0.3 is 6.03 Å². The molecule has 1 fully saturated rings. The third kappa shape index (κ3) is 4.23. The number of carbonyl (C=O) groups is 3. The molecule has 0 radical (unpaired) electrons. The monoisotopic (exact) mass is 471 g/mol. The summed E-state index contributed by atoms with van der Waals surface area (Å²) in [4.78, 5) is 46.6. The molecule has 1 aliphatic heterocycles. The van der Waals surface area contributed by atoms with Crippen LogP contribution >= 0.6 is 0 Å². The quantitative estimate of drug-likeness (QED) is 0.375. The number of para-hydroxylation sites is 2. The lowest BCUT2D eigenvalue weighted by Crippen LogP contribution is -2.43. The van der Waals surface area contributed by atoms with E-state index in [1.807, 2.05) is 48.5 Å². The van der Waals surface area contributed by atoms with Crippen molar-refractivity contribution in [1.82, 2.24) is 25.5 Å². The molecule has 3 N–H and O–H groups in total. The molecule has 0 spiro atoms. The van der Waals surface area contributed by atoms with Crippen molar-refractivity contribution < 1.29 is 18.8 Å². The molecule has 35 heavy (non-hydrogen) atoms. The molecule has 5 rings (SSSR count). The summed E-state index contributed by atoms with van der Waals surface area (Å²) in [6.07, 6.45) is 0. The van der Waals surface area contributed by atoms with Crippen LogP contribution in [0, 0.1) is 5.82 Å². The molecule has 1 atom stereocenters. The van der Waals surface area contributed by atoms with Gasteiger partial charge in [0.2, 0.25) is 5.91 Å². The van der Waals surface area contributed by atoms with E-state index in [0.29, 0.717) is 5.56 Å². The van der Waals surface area contributed by atoms with Crippen LogP contribution in [0.2, 0.25) is 0 Å². The SMILES string of the molecule is CC1(c2ccc(F)cc2)NC(=O)N(CC(=O)NCc2ccc(-c3nc4ccccc4[nH]3)cc2)C1=O. The number of aromatic nitrogens is 2. The Bertz CT molecular complexity index is 1400. The molecule has 9 heteroatoms. The number of nitrogens with one attached hydrogen (secondary N) is 3. The second-order valence-electron chi connectivity index (χ2n) is 8.53. The van der Waals surface area contributed by atoms with Crippen LogP contribution in [0.4, 0.5) is 9.18 Å². The summed E-state index contributed by atoms with van der Waals surface area (Å²) >= 11 is 0. The summed E-state index contributed by atoms with van der Waals surface area (Å²) < 4.78 is 13.3. The molecule has 4 amide bonds. The van der Waals surface area contributed by atoms with Crippen LogP contribution in [-0.4, -0.2) is 39.3 Å². The first kappa shape index (κ1) is 22.3. The number of rotatable bonds is 6. The first-order valence-electron chi connectivity index (χ1n) is 11.0. The number of halogens is 1. The molecule has 0 bridgehead atoms. The Morgan fingerprint density at radius 3 is 2.46 bits per heavy atom. The molecular weight excluding hydrogens is 449 g/mol. The zero-order chi connectivity index (χ0) is 24.6. The van der Waals surface area contributed by atoms with Crippen molar-refractivity contribution in [3.05, 3.63) is 89.7 Å². The molecule has 2 heterocycles. The summed E-state index contributed by atoms with van der Waals surface area (Å²) in [6, 6.07) is 20.0. The molecule has 1 aliphatic rings. The van der Waals surface area contributed by atoms with Crippen LogP contribution in [0.5, 0.6) is 0 Å². The predicted octanol–water partition coefficient (Wildman–Crippen LogP) is 3.45. The number of benzene rings is 3. The smallest absolute Gasteiger partial charge is 0.325 e. The Balaban J connectivity index is 1.20. The van der Waals surface area contributed by atoms with Gasteiger partial charge in [0.25, 0.3) is 5.91 Å². The lowest BCUT2D eigenvalue weighted by Gasteiger charge is -2.22. The highest BCUT2D eigenvalue weighted by molar-refractivity contribution is 6.09. The molecule has 4 aromatic rings. The molecule has 0 aliphatic carbocycles. The third-order valence-electron chi connectivity index (χ3n) is 6.10. The average molecular weight is 471 g/mol. The number of H-pyrrole nitrogens is 1. The number of urea groups is 1. The highest BCUT2D eigenvalue weighted by Gasteiger charge is 2.49. The summed E-state index contributed by atoms with van der Waals surface area (Å²) in [7, 11) is 0. The highest BCUT2D eigenvalue weighted by atomic mass is 19.1. The normalized spacial score (nSPS) is 17.6. The molecule has 176 valence electrons. The first-order valence-corrected chi connectivity index (χ1v) is 11.0. The van der Waals surface area contributed by atoms with Gasteiger partial charge in [0, 0.05) is 12.1 Å². The van der Waals surface area contributed by atoms with Crippen molar-refractivity contribution in [2.75, 3.05) is 6.54 Å². The van der Waals surface area contributed by atoms with Gasteiger partial charge in [-0.3, -0.25) is 14.5 Å². The highest BCUT2D eigenvalue weighted by Crippen LogP contribution is 2.28. The van der Waals surface area contributed by atoms with Crippen molar-refractivity contribution >= 4 is 28.9 Å². The van der Waals surface area contributed by atoms with E-state index in [-0.39, 0.29) is 6.54 Å². The van der Waals surface area contributed by atoms with Gasteiger partial charge in [-0.05, 0) is 42.3 Å². The van der Waals surface area contributed by atoms with Crippen LogP contribution in [0.3, 0.4) is 0 Å². The minimum absolute atomic E-state index is 0.234. The lowest BCUT2D eigenvalue weighted by molar-refractivity contribution is -0.134. The standard InChI is InChI=1S/C26H22FN5O3/c1-26(18-10-12-19(27)13-11-18)24(34)32(25(35)31-26)15-22(33)28-14-16-6-8-17(9-7-16)23-29-20-4-2-3-5-21(20)30-23/h2-13H,14-15H2,1H3,(H,28,33)(H,29,30)(H,31,35).